The highest BCUT2D eigenvalue weighted by molar-refractivity contribution is 5.53. The maximum absolute atomic E-state index is 11.6. The Kier molecular flexibility index (Phi) is 4.21. The summed E-state index contributed by atoms with van der Waals surface area (Å²) in [5, 5.41) is 26.9. The highest BCUT2D eigenvalue weighted by Gasteiger charge is 2.64. The second-order valence-electron chi connectivity index (χ2n) is 5.60. The van der Waals surface area contributed by atoms with Crippen molar-refractivity contribution in [3.63, 3.8) is 0 Å². The van der Waals surface area contributed by atoms with Gasteiger partial charge in [0.1, 0.15) is 9.85 Å². The second kappa shape index (κ2) is 6.32. The average molecular weight is 333 g/mol. The molecule has 0 N–H and O–H groups in total. The maximum Gasteiger partial charge on any atom is 0.547 e. The molecule has 0 atom stereocenters. The van der Waals surface area contributed by atoms with E-state index in [1.54, 1.807) is 35.2 Å². The standard InChI is InChI=1S/C14H15N5O5/c20-18(21)14(19(22)23,10-17-8-4-5-9-17)13-15-12(16-24-13)11-6-2-1-3-7-11/h1-3,6-7H,4-5,8-10H2. The molecule has 0 saturated carbocycles. The van der Waals surface area contributed by atoms with Gasteiger partial charge in [-0.2, -0.15) is 4.98 Å². The third-order valence-electron chi connectivity index (χ3n) is 4.05. The lowest BCUT2D eigenvalue weighted by Gasteiger charge is -2.19. The zero-order valence-electron chi connectivity index (χ0n) is 12.7. The van der Waals surface area contributed by atoms with Crippen molar-refractivity contribution in [3.05, 3.63) is 56.5 Å². The molecule has 1 fully saturated rings. The number of benzene rings is 1. The van der Waals surface area contributed by atoms with Crippen molar-refractivity contribution >= 4 is 0 Å². The quantitative estimate of drug-likeness (QED) is 0.442. The lowest BCUT2D eigenvalue weighted by Crippen LogP contribution is -2.51. The van der Waals surface area contributed by atoms with Crippen LogP contribution >= 0.6 is 0 Å². The van der Waals surface area contributed by atoms with E-state index < -0.39 is 27.9 Å². The second-order valence-corrected chi connectivity index (χ2v) is 5.60. The summed E-state index contributed by atoms with van der Waals surface area (Å²) in [6.07, 6.45) is 1.70. The Morgan fingerprint density at radius 3 is 2.33 bits per heavy atom. The molecule has 0 radical (unpaired) electrons. The molecule has 2 heterocycles. The fourth-order valence-electron chi connectivity index (χ4n) is 2.75. The Labute approximate surface area is 136 Å². The number of rotatable bonds is 6. The van der Waals surface area contributed by atoms with Crippen LogP contribution in [0.5, 0.6) is 0 Å². The summed E-state index contributed by atoms with van der Waals surface area (Å²) in [6, 6.07) is 8.65. The molecule has 1 aromatic heterocycles. The third kappa shape index (κ3) is 2.71. The lowest BCUT2D eigenvalue weighted by atomic mass is 10.1. The van der Waals surface area contributed by atoms with Gasteiger partial charge in [-0.05, 0) is 25.9 Å². The molecule has 1 aliphatic heterocycles. The lowest BCUT2D eigenvalue weighted by molar-refractivity contribution is -0.813. The van der Waals surface area contributed by atoms with Gasteiger partial charge in [0, 0.05) is 5.56 Å². The van der Waals surface area contributed by atoms with E-state index in [1.165, 1.54) is 0 Å². The van der Waals surface area contributed by atoms with Crippen LogP contribution in [0.15, 0.2) is 34.9 Å². The van der Waals surface area contributed by atoms with Gasteiger partial charge < -0.3 is 4.52 Å². The molecule has 0 amide bonds. The molecule has 10 nitrogen and oxygen atoms in total. The van der Waals surface area contributed by atoms with Crippen LogP contribution in [0, 0.1) is 20.2 Å². The predicted octanol–water partition coefficient (Wildman–Crippen LogP) is 1.54. The van der Waals surface area contributed by atoms with Crippen LogP contribution in [0.2, 0.25) is 0 Å². The molecule has 0 spiro atoms. The monoisotopic (exact) mass is 333 g/mol. The van der Waals surface area contributed by atoms with Gasteiger partial charge in [0.2, 0.25) is 5.82 Å². The first kappa shape index (κ1) is 16.0. The molecule has 2 aromatic rings. The number of nitro groups is 2. The van der Waals surface area contributed by atoms with Gasteiger partial charge in [-0.3, -0.25) is 25.1 Å². The van der Waals surface area contributed by atoms with Crippen LogP contribution in [0.4, 0.5) is 0 Å². The van der Waals surface area contributed by atoms with Crippen molar-refractivity contribution in [1.82, 2.24) is 15.0 Å². The van der Waals surface area contributed by atoms with Gasteiger partial charge in [0.15, 0.2) is 6.54 Å². The fraction of sp³-hybridized carbons (Fsp3) is 0.429. The van der Waals surface area contributed by atoms with Crippen molar-refractivity contribution in [3.8, 4) is 11.4 Å². The van der Waals surface area contributed by atoms with Gasteiger partial charge >= 0.3 is 11.6 Å². The Balaban J connectivity index is 2.00. The highest BCUT2D eigenvalue weighted by Crippen LogP contribution is 2.29. The Bertz CT molecular complexity index is 727. The first-order chi connectivity index (χ1) is 11.5. The third-order valence-corrected chi connectivity index (χ3v) is 4.05. The van der Waals surface area contributed by atoms with Crippen molar-refractivity contribution < 1.29 is 14.4 Å². The molecule has 0 unspecified atom stereocenters. The molecule has 0 aliphatic carbocycles. The summed E-state index contributed by atoms with van der Waals surface area (Å²) in [4.78, 5) is 26.9. The van der Waals surface area contributed by atoms with Crippen LogP contribution in [0.1, 0.15) is 18.7 Å². The minimum absolute atomic E-state index is 0.0834. The van der Waals surface area contributed by atoms with Crippen LogP contribution in [0.25, 0.3) is 11.4 Å². The molecule has 126 valence electrons. The van der Waals surface area contributed by atoms with E-state index in [4.69, 9.17) is 4.52 Å². The summed E-state index contributed by atoms with van der Waals surface area (Å²) in [5.74, 6) is -0.525. The molecule has 10 heteroatoms. The maximum atomic E-state index is 11.6. The summed E-state index contributed by atoms with van der Waals surface area (Å²) in [7, 11) is 0. The molecular weight excluding hydrogens is 318 g/mol. The van der Waals surface area contributed by atoms with Crippen molar-refractivity contribution in [2.24, 2.45) is 0 Å². The van der Waals surface area contributed by atoms with Gasteiger partial charge in [-0.15, -0.1) is 0 Å². The zero-order valence-corrected chi connectivity index (χ0v) is 12.7. The minimum Gasteiger partial charge on any atom is -0.322 e. The topological polar surface area (TPSA) is 128 Å². The van der Waals surface area contributed by atoms with Gasteiger partial charge in [-0.25, -0.2) is 0 Å². The van der Waals surface area contributed by atoms with Gasteiger partial charge in [0.05, 0.1) is 0 Å². The molecule has 24 heavy (non-hydrogen) atoms. The highest BCUT2D eigenvalue weighted by atomic mass is 16.7. The molecule has 1 aromatic carbocycles. The number of nitrogens with zero attached hydrogens (tertiary/aromatic N) is 5. The van der Waals surface area contributed by atoms with Crippen molar-refractivity contribution in [2.45, 2.75) is 18.5 Å². The molecule has 1 saturated heterocycles. The molecule has 3 rings (SSSR count). The van der Waals surface area contributed by atoms with Crippen LogP contribution in [-0.2, 0) is 5.66 Å². The SMILES string of the molecule is O=[N+]([O-])C(CN1CCCC1)(c1nc(-c2ccccc2)no1)[N+](=O)[O-]. The molecule has 1 aliphatic rings. The van der Waals surface area contributed by atoms with Crippen molar-refractivity contribution in [1.29, 1.82) is 0 Å². The number of likely N-dealkylation sites (tertiary alicyclic amines) is 1. The Hall–Kier alpha value is -2.88. The summed E-state index contributed by atoms with van der Waals surface area (Å²) >= 11 is 0. The van der Waals surface area contributed by atoms with E-state index in [2.05, 4.69) is 10.1 Å². The van der Waals surface area contributed by atoms with Crippen molar-refractivity contribution in [2.75, 3.05) is 19.6 Å². The largest absolute Gasteiger partial charge is 0.547 e. The zero-order chi connectivity index (χ0) is 17.2. The predicted molar refractivity (Wildman–Crippen MR) is 81.1 cm³/mol. The summed E-state index contributed by atoms with van der Waals surface area (Å²) < 4.78 is 4.95. The number of hydrogen-bond acceptors (Lipinski definition) is 8. The van der Waals surface area contributed by atoms with E-state index in [-0.39, 0.29) is 5.82 Å². The van der Waals surface area contributed by atoms with E-state index in [1.807, 2.05) is 0 Å². The summed E-state index contributed by atoms with van der Waals surface area (Å²) in [6.45, 7) is 0.746. The van der Waals surface area contributed by atoms with Gasteiger partial charge in [-0.1, -0.05) is 35.5 Å². The molecule has 0 bridgehead atoms. The first-order valence-electron chi connectivity index (χ1n) is 7.45. The van der Waals surface area contributed by atoms with Crippen LogP contribution in [-0.4, -0.2) is 44.5 Å². The van der Waals surface area contributed by atoms with E-state index in [9.17, 15) is 20.2 Å². The normalized spacial score (nSPS) is 15.5. The van der Waals surface area contributed by atoms with E-state index in [0.717, 1.165) is 12.8 Å². The first-order valence-corrected chi connectivity index (χ1v) is 7.45. The molecular formula is C14H15N5O5. The minimum atomic E-state index is -2.66. The number of aromatic nitrogens is 2. The smallest absolute Gasteiger partial charge is 0.322 e. The summed E-state index contributed by atoms with van der Waals surface area (Å²) in [5.41, 5.74) is -2.10. The van der Waals surface area contributed by atoms with Crippen LogP contribution in [0.3, 0.4) is 0 Å². The Morgan fingerprint density at radius 1 is 1.12 bits per heavy atom. The van der Waals surface area contributed by atoms with E-state index >= 15 is 0 Å². The fourth-order valence-corrected chi connectivity index (χ4v) is 2.75. The average Bonchev–Trinajstić information content (AvgIpc) is 3.24. The Morgan fingerprint density at radius 2 is 1.75 bits per heavy atom. The van der Waals surface area contributed by atoms with E-state index in [0.29, 0.717) is 18.7 Å². The van der Waals surface area contributed by atoms with Gasteiger partial charge in [0.25, 0.3) is 0 Å². The number of hydrogen-bond donors (Lipinski definition) is 0. The van der Waals surface area contributed by atoms with Crippen LogP contribution < -0.4 is 0 Å².